The third-order valence-electron chi connectivity index (χ3n) is 3.04. The third-order valence-corrected chi connectivity index (χ3v) is 3.04. The SMILES string of the molecule is CCC(O)(CC)CNCc1cc(O)cc(F)c1. The molecule has 0 spiro atoms. The number of aromatic hydroxyl groups is 1. The predicted octanol–water partition coefficient (Wildman–Crippen LogP) is 2.17. The number of benzene rings is 1. The highest BCUT2D eigenvalue weighted by Gasteiger charge is 2.21. The number of rotatable bonds is 6. The van der Waals surface area contributed by atoms with Gasteiger partial charge in [0.15, 0.2) is 0 Å². The van der Waals surface area contributed by atoms with Crippen LogP contribution in [0.2, 0.25) is 0 Å². The van der Waals surface area contributed by atoms with Gasteiger partial charge in [-0.2, -0.15) is 0 Å². The number of hydrogen-bond acceptors (Lipinski definition) is 3. The second-order valence-corrected chi connectivity index (χ2v) is 4.35. The molecule has 0 radical (unpaired) electrons. The van der Waals surface area contributed by atoms with Crippen LogP contribution in [-0.4, -0.2) is 22.4 Å². The predicted molar refractivity (Wildman–Crippen MR) is 65.3 cm³/mol. The van der Waals surface area contributed by atoms with Gasteiger partial charge in [0.2, 0.25) is 0 Å². The molecule has 0 heterocycles. The minimum absolute atomic E-state index is 0.0805. The smallest absolute Gasteiger partial charge is 0.127 e. The van der Waals surface area contributed by atoms with Crippen molar-refractivity contribution in [2.45, 2.75) is 38.8 Å². The molecule has 3 nitrogen and oxygen atoms in total. The first-order chi connectivity index (χ1) is 7.99. The second kappa shape index (κ2) is 5.98. The molecule has 0 saturated carbocycles. The highest BCUT2D eigenvalue weighted by atomic mass is 19.1. The summed E-state index contributed by atoms with van der Waals surface area (Å²) in [6.45, 7) is 4.74. The number of phenols is 1. The lowest BCUT2D eigenvalue weighted by molar-refractivity contribution is 0.0323. The summed E-state index contributed by atoms with van der Waals surface area (Å²) in [5.74, 6) is -0.536. The number of aliphatic hydroxyl groups is 1. The Morgan fingerprint density at radius 1 is 1.24 bits per heavy atom. The Labute approximate surface area is 101 Å². The fourth-order valence-electron chi connectivity index (χ4n) is 1.67. The second-order valence-electron chi connectivity index (χ2n) is 4.35. The van der Waals surface area contributed by atoms with Crippen molar-refractivity contribution >= 4 is 0 Å². The summed E-state index contributed by atoms with van der Waals surface area (Å²) in [7, 11) is 0. The number of nitrogens with one attached hydrogen (secondary N) is 1. The summed E-state index contributed by atoms with van der Waals surface area (Å²) in [6, 6.07) is 3.94. The van der Waals surface area contributed by atoms with Crippen LogP contribution in [-0.2, 0) is 6.54 Å². The molecule has 3 N–H and O–H groups in total. The Bertz CT molecular complexity index is 344. The van der Waals surface area contributed by atoms with E-state index in [1.54, 1.807) is 0 Å². The monoisotopic (exact) mass is 241 g/mol. The van der Waals surface area contributed by atoms with E-state index >= 15 is 0 Å². The fourth-order valence-corrected chi connectivity index (χ4v) is 1.67. The lowest BCUT2D eigenvalue weighted by Crippen LogP contribution is -2.39. The number of halogens is 1. The average molecular weight is 241 g/mol. The molecular weight excluding hydrogens is 221 g/mol. The van der Waals surface area contributed by atoms with E-state index in [2.05, 4.69) is 5.32 Å². The van der Waals surface area contributed by atoms with Crippen LogP contribution in [0.1, 0.15) is 32.3 Å². The van der Waals surface area contributed by atoms with Gasteiger partial charge in [-0.1, -0.05) is 13.8 Å². The van der Waals surface area contributed by atoms with Crippen LogP contribution in [0.4, 0.5) is 4.39 Å². The molecule has 0 atom stereocenters. The van der Waals surface area contributed by atoms with Crippen molar-refractivity contribution in [2.24, 2.45) is 0 Å². The summed E-state index contributed by atoms with van der Waals surface area (Å²) in [4.78, 5) is 0. The average Bonchev–Trinajstić information content (AvgIpc) is 2.27. The van der Waals surface area contributed by atoms with Gasteiger partial charge in [0.25, 0.3) is 0 Å². The summed E-state index contributed by atoms with van der Waals surface area (Å²) in [5, 5.41) is 22.3. The van der Waals surface area contributed by atoms with Gasteiger partial charge < -0.3 is 15.5 Å². The van der Waals surface area contributed by atoms with Gasteiger partial charge in [-0.3, -0.25) is 0 Å². The Kier molecular flexibility index (Phi) is 4.90. The third kappa shape index (κ3) is 4.32. The number of phenolic OH excluding ortho intramolecular Hbond substituents is 1. The van der Waals surface area contributed by atoms with Crippen LogP contribution >= 0.6 is 0 Å². The van der Waals surface area contributed by atoms with Crippen molar-refractivity contribution in [1.29, 1.82) is 0 Å². The molecule has 0 bridgehead atoms. The minimum atomic E-state index is -0.713. The standard InChI is InChI=1S/C13H20FNO2/c1-3-13(17,4-2)9-15-8-10-5-11(14)7-12(16)6-10/h5-7,15-17H,3-4,8-9H2,1-2H3. The van der Waals surface area contributed by atoms with Crippen molar-refractivity contribution in [3.8, 4) is 5.75 Å². The molecule has 1 aromatic carbocycles. The van der Waals surface area contributed by atoms with Crippen molar-refractivity contribution in [2.75, 3.05) is 6.54 Å². The van der Waals surface area contributed by atoms with Crippen molar-refractivity contribution in [3.05, 3.63) is 29.6 Å². The van der Waals surface area contributed by atoms with E-state index in [1.807, 2.05) is 13.8 Å². The first-order valence-corrected chi connectivity index (χ1v) is 5.90. The normalized spacial score (nSPS) is 11.8. The molecule has 17 heavy (non-hydrogen) atoms. The topological polar surface area (TPSA) is 52.5 Å². The van der Waals surface area contributed by atoms with Gasteiger partial charge >= 0.3 is 0 Å². The highest BCUT2D eigenvalue weighted by Crippen LogP contribution is 2.16. The van der Waals surface area contributed by atoms with E-state index in [0.29, 0.717) is 31.5 Å². The lowest BCUT2D eigenvalue weighted by atomic mass is 9.97. The van der Waals surface area contributed by atoms with Gasteiger partial charge in [0, 0.05) is 19.2 Å². The summed E-state index contributed by atoms with van der Waals surface area (Å²) >= 11 is 0. The minimum Gasteiger partial charge on any atom is -0.508 e. The van der Waals surface area contributed by atoms with Crippen molar-refractivity contribution in [3.63, 3.8) is 0 Å². The van der Waals surface area contributed by atoms with Gasteiger partial charge in [0.1, 0.15) is 11.6 Å². The molecule has 0 aliphatic carbocycles. The molecule has 0 saturated heterocycles. The van der Waals surface area contributed by atoms with E-state index in [1.165, 1.54) is 12.1 Å². The lowest BCUT2D eigenvalue weighted by Gasteiger charge is -2.25. The van der Waals surface area contributed by atoms with Crippen molar-refractivity contribution < 1.29 is 14.6 Å². The zero-order chi connectivity index (χ0) is 12.9. The first-order valence-electron chi connectivity index (χ1n) is 5.90. The Hall–Kier alpha value is -1.13. The zero-order valence-corrected chi connectivity index (χ0v) is 10.3. The van der Waals surface area contributed by atoms with Gasteiger partial charge in [0.05, 0.1) is 5.60 Å². The molecule has 0 aromatic heterocycles. The quantitative estimate of drug-likeness (QED) is 0.715. The first kappa shape index (κ1) is 13.9. The molecular formula is C13H20FNO2. The maximum Gasteiger partial charge on any atom is 0.127 e. The zero-order valence-electron chi connectivity index (χ0n) is 10.3. The molecule has 1 rings (SSSR count). The van der Waals surface area contributed by atoms with Gasteiger partial charge in [-0.15, -0.1) is 0 Å². The maximum absolute atomic E-state index is 13.0. The maximum atomic E-state index is 13.0. The van der Waals surface area contributed by atoms with E-state index in [9.17, 15) is 14.6 Å². The molecule has 0 aliphatic rings. The number of hydrogen-bond donors (Lipinski definition) is 3. The summed E-state index contributed by atoms with van der Waals surface area (Å²) in [5.41, 5.74) is -0.0490. The molecule has 4 heteroatoms. The Morgan fingerprint density at radius 3 is 2.41 bits per heavy atom. The van der Waals surface area contributed by atoms with E-state index in [-0.39, 0.29) is 5.75 Å². The van der Waals surface area contributed by atoms with Crippen LogP contribution in [0.25, 0.3) is 0 Å². The van der Waals surface area contributed by atoms with E-state index < -0.39 is 11.4 Å². The Balaban J connectivity index is 2.51. The molecule has 0 unspecified atom stereocenters. The van der Waals surface area contributed by atoms with Crippen LogP contribution < -0.4 is 5.32 Å². The van der Waals surface area contributed by atoms with Crippen LogP contribution in [0, 0.1) is 5.82 Å². The summed E-state index contributed by atoms with van der Waals surface area (Å²) in [6.07, 6.45) is 1.34. The van der Waals surface area contributed by atoms with E-state index in [0.717, 1.165) is 6.07 Å². The van der Waals surface area contributed by atoms with E-state index in [4.69, 9.17) is 0 Å². The van der Waals surface area contributed by atoms with Gasteiger partial charge in [-0.05, 0) is 30.5 Å². The Morgan fingerprint density at radius 2 is 1.88 bits per heavy atom. The molecule has 0 fully saturated rings. The molecule has 1 aromatic rings. The van der Waals surface area contributed by atoms with Gasteiger partial charge in [-0.25, -0.2) is 4.39 Å². The molecule has 96 valence electrons. The largest absolute Gasteiger partial charge is 0.508 e. The highest BCUT2D eigenvalue weighted by molar-refractivity contribution is 5.28. The summed E-state index contributed by atoms with van der Waals surface area (Å²) < 4.78 is 13.0. The van der Waals surface area contributed by atoms with Crippen molar-refractivity contribution in [1.82, 2.24) is 5.32 Å². The molecule has 0 amide bonds. The van der Waals surface area contributed by atoms with Crippen LogP contribution in [0.3, 0.4) is 0 Å². The molecule has 0 aliphatic heterocycles. The van der Waals surface area contributed by atoms with Crippen LogP contribution in [0.15, 0.2) is 18.2 Å². The fraction of sp³-hybridized carbons (Fsp3) is 0.538. The van der Waals surface area contributed by atoms with Crippen LogP contribution in [0.5, 0.6) is 5.75 Å².